The summed E-state index contributed by atoms with van der Waals surface area (Å²) < 4.78 is 47.9. The van der Waals surface area contributed by atoms with E-state index >= 15 is 0 Å². The summed E-state index contributed by atoms with van der Waals surface area (Å²) in [5.74, 6) is 0.953. The second kappa shape index (κ2) is 8.64. The van der Waals surface area contributed by atoms with E-state index in [0.717, 1.165) is 25.3 Å². The van der Waals surface area contributed by atoms with Gasteiger partial charge in [-0.15, -0.1) is 0 Å². The van der Waals surface area contributed by atoms with Crippen molar-refractivity contribution in [1.82, 2.24) is 14.3 Å². The maximum Gasteiger partial charge on any atom is 0.420 e. The van der Waals surface area contributed by atoms with E-state index < -0.39 is 11.7 Å². The van der Waals surface area contributed by atoms with Crippen molar-refractivity contribution < 1.29 is 22.4 Å². The molecular formula is C24H28F3N3O2. The van der Waals surface area contributed by atoms with E-state index in [9.17, 15) is 18.0 Å². The molecule has 1 aliphatic heterocycles. The SMILES string of the molecule is Cc1c(C(=O)N2CCC(CCC(C)C)CC2)nc2c(C(F)(F)F)cc(-c3ccoc3)cn12. The van der Waals surface area contributed by atoms with Crippen LogP contribution in [-0.4, -0.2) is 33.3 Å². The van der Waals surface area contributed by atoms with Crippen LogP contribution in [0.1, 0.15) is 61.3 Å². The van der Waals surface area contributed by atoms with Crippen LogP contribution in [0.2, 0.25) is 0 Å². The molecular weight excluding hydrogens is 419 g/mol. The number of carbonyl (C=O) groups excluding carboxylic acids is 1. The Bertz CT molecular complexity index is 1090. The molecule has 8 heteroatoms. The molecule has 0 aliphatic carbocycles. The lowest BCUT2D eigenvalue weighted by Gasteiger charge is -2.32. The lowest BCUT2D eigenvalue weighted by atomic mass is 9.89. The molecule has 0 spiro atoms. The van der Waals surface area contributed by atoms with Gasteiger partial charge in [-0.2, -0.15) is 13.2 Å². The van der Waals surface area contributed by atoms with Gasteiger partial charge in [-0.25, -0.2) is 4.98 Å². The molecule has 0 radical (unpaired) electrons. The quantitative estimate of drug-likeness (QED) is 0.467. The Balaban J connectivity index is 1.64. The van der Waals surface area contributed by atoms with E-state index in [4.69, 9.17) is 4.42 Å². The summed E-state index contributed by atoms with van der Waals surface area (Å²) in [5, 5.41) is 0. The normalized spacial score (nSPS) is 15.8. The average molecular weight is 448 g/mol. The molecule has 1 amide bonds. The van der Waals surface area contributed by atoms with Crippen LogP contribution in [-0.2, 0) is 6.18 Å². The first-order chi connectivity index (χ1) is 15.1. The van der Waals surface area contributed by atoms with E-state index in [-0.39, 0.29) is 17.2 Å². The molecule has 1 aliphatic rings. The minimum Gasteiger partial charge on any atom is -0.472 e. The highest BCUT2D eigenvalue weighted by Crippen LogP contribution is 2.36. The Labute approximate surface area is 185 Å². The largest absolute Gasteiger partial charge is 0.472 e. The van der Waals surface area contributed by atoms with Crippen molar-refractivity contribution in [3.8, 4) is 11.1 Å². The molecule has 5 nitrogen and oxygen atoms in total. The summed E-state index contributed by atoms with van der Waals surface area (Å²) in [6.07, 6.45) is 3.94. The Morgan fingerprint density at radius 1 is 1.25 bits per heavy atom. The summed E-state index contributed by atoms with van der Waals surface area (Å²) in [7, 11) is 0. The highest BCUT2D eigenvalue weighted by atomic mass is 19.4. The van der Waals surface area contributed by atoms with Gasteiger partial charge in [0.1, 0.15) is 11.3 Å². The van der Waals surface area contributed by atoms with Gasteiger partial charge < -0.3 is 13.7 Å². The highest BCUT2D eigenvalue weighted by molar-refractivity contribution is 5.94. The Morgan fingerprint density at radius 3 is 2.56 bits per heavy atom. The maximum absolute atomic E-state index is 13.8. The summed E-state index contributed by atoms with van der Waals surface area (Å²) in [6, 6.07) is 2.66. The molecule has 0 atom stereocenters. The van der Waals surface area contributed by atoms with Crippen molar-refractivity contribution in [2.24, 2.45) is 11.8 Å². The molecule has 0 saturated carbocycles. The zero-order chi connectivity index (χ0) is 23.0. The third-order valence-corrected chi connectivity index (χ3v) is 6.38. The smallest absolute Gasteiger partial charge is 0.420 e. The number of rotatable bonds is 5. The Morgan fingerprint density at radius 2 is 1.97 bits per heavy atom. The second-order valence-electron chi connectivity index (χ2n) is 9.10. The van der Waals surface area contributed by atoms with Gasteiger partial charge in [-0.1, -0.05) is 26.7 Å². The monoisotopic (exact) mass is 447 g/mol. The Kier molecular flexibility index (Phi) is 6.05. The van der Waals surface area contributed by atoms with E-state index in [2.05, 4.69) is 18.8 Å². The standard InChI is InChI=1S/C24H28F3N3O2/c1-15(2)4-5-17-6-9-29(10-7-17)23(31)21-16(3)30-13-19(18-8-11-32-14-18)12-20(22(30)28-21)24(25,26)27/h8,11-15,17H,4-7,9-10H2,1-3H3. The molecule has 1 fully saturated rings. The van der Waals surface area contributed by atoms with Crippen LogP contribution in [0.4, 0.5) is 13.2 Å². The maximum atomic E-state index is 13.8. The van der Waals surface area contributed by atoms with Crippen LogP contribution in [0.15, 0.2) is 35.3 Å². The number of amides is 1. The molecule has 3 aromatic heterocycles. The number of pyridine rings is 1. The predicted octanol–water partition coefficient (Wildman–Crippen LogP) is 6.21. The number of imidazole rings is 1. The van der Waals surface area contributed by atoms with Crippen LogP contribution in [0.3, 0.4) is 0 Å². The molecule has 1 saturated heterocycles. The number of hydrogen-bond donors (Lipinski definition) is 0. The summed E-state index contributed by atoms with van der Waals surface area (Å²) in [5.41, 5.74) is 0.247. The van der Waals surface area contributed by atoms with Crippen LogP contribution in [0, 0.1) is 18.8 Å². The first-order valence-electron chi connectivity index (χ1n) is 11.1. The zero-order valence-electron chi connectivity index (χ0n) is 18.6. The summed E-state index contributed by atoms with van der Waals surface area (Å²) in [4.78, 5) is 19.1. The van der Waals surface area contributed by atoms with Crippen molar-refractivity contribution in [2.45, 2.75) is 52.6 Å². The third kappa shape index (κ3) is 4.40. The fourth-order valence-electron chi connectivity index (χ4n) is 4.40. The Hall–Kier alpha value is -2.77. The number of piperidine rings is 1. The number of furan rings is 1. The van der Waals surface area contributed by atoms with Gasteiger partial charge in [0.15, 0.2) is 0 Å². The van der Waals surface area contributed by atoms with Gasteiger partial charge in [0.05, 0.1) is 23.8 Å². The molecule has 3 aromatic rings. The van der Waals surface area contributed by atoms with Crippen molar-refractivity contribution in [2.75, 3.05) is 13.1 Å². The number of nitrogens with zero attached hydrogens (tertiary/aromatic N) is 3. The van der Waals surface area contributed by atoms with Crippen molar-refractivity contribution >= 4 is 11.6 Å². The molecule has 0 aromatic carbocycles. The number of halogens is 3. The highest BCUT2D eigenvalue weighted by Gasteiger charge is 2.36. The number of likely N-dealkylation sites (tertiary alicyclic amines) is 1. The first kappa shape index (κ1) is 22.4. The lowest BCUT2D eigenvalue weighted by molar-refractivity contribution is -0.136. The zero-order valence-corrected chi connectivity index (χ0v) is 18.6. The van der Waals surface area contributed by atoms with Crippen molar-refractivity contribution in [3.05, 3.63) is 47.8 Å². The van der Waals surface area contributed by atoms with Gasteiger partial charge in [0, 0.05) is 30.4 Å². The minimum absolute atomic E-state index is 0.0838. The third-order valence-electron chi connectivity index (χ3n) is 6.38. The molecule has 0 bridgehead atoms. The van der Waals surface area contributed by atoms with Gasteiger partial charge in [0.2, 0.25) is 0 Å². The van der Waals surface area contributed by atoms with E-state index in [1.807, 2.05) is 0 Å². The van der Waals surface area contributed by atoms with Gasteiger partial charge in [0.25, 0.3) is 5.91 Å². The second-order valence-corrected chi connectivity index (χ2v) is 9.10. The molecule has 0 N–H and O–H groups in total. The van der Waals surface area contributed by atoms with Crippen LogP contribution in [0.25, 0.3) is 16.8 Å². The van der Waals surface area contributed by atoms with E-state index in [0.29, 0.717) is 41.7 Å². The van der Waals surface area contributed by atoms with Crippen molar-refractivity contribution in [3.63, 3.8) is 0 Å². The fourth-order valence-corrected chi connectivity index (χ4v) is 4.40. The number of aromatic nitrogens is 2. The molecule has 32 heavy (non-hydrogen) atoms. The molecule has 4 rings (SSSR count). The van der Waals surface area contributed by atoms with Gasteiger partial charge >= 0.3 is 6.18 Å². The molecule has 4 heterocycles. The summed E-state index contributed by atoms with van der Waals surface area (Å²) in [6.45, 7) is 7.28. The van der Waals surface area contributed by atoms with Gasteiger partial charge in [-0.3, -0.25) is 4.79 Å². The summed E-state index contributed by atoms with van der Waals surface area (Å²) >= 11 is 0. The predicted molar refractivity (Wildman–Crippen MR) is 115 cm³/mol. The fraction of sp³-hybridized carbons (Fsp3) is 0.500. The number of aryl methyl sites for hydroxylation is 1. The van der Waals surface area contributed by atoms with Crippen LogP contribution >= 0.6 is 0 Å². The molecule has 0 unspecified atom stereocenters. The van der Waals surface area contributed by atoms with Crippen LogP contribution < -0.4 is 0 Å². The van der Waals surface area contributed by atoms with Crippen LogP contribution in [0.5, 0.6) is 0 Å². The number of hydrogen-bond acceptors (Lipinski definition) is 3. The topological polar surface area (TPSA) is 50.8 Å². The number of carbonyl (C=O) groups is 1. The molecule has 172 valence electrons. The number of fused-ring (bicyclic) bond motifs is 1. The minimum atomic E-state index is -4.60. The average Bonchev–Trinajstić information content (AvgIpc) is 3.39. The van der Waals surface area contributed by atoms with E-state index in [1.165, 1.54) is 23.3 Å². The van der Waals surface area contributed by atoms with Gasteiger partial charge in [-0.05, 0) is 43.7 Å². The number of alkyl halides is 3. The van der Waals surface area contributed by atoms with E-state index in [1.54, 1.807) is 24.1 Å². The first-order valence-corrected chi connectivity index (χ1v) is 11.1. The van der Waals surface area contributed by atoms with Crippen molar-refractivity contribution in [1.29, 1.82) is 0 Å². The lowest BCUT2D eigenvalue weighted by Crippen LogP contribution is -2.39.